The second-order valence-corrected chi connectivity index (χ2v) is 15.1. The maximum Gasteiger partial charge on any atom is 0.337 e. The number of amides is 1. The normalized spacial score (nSPS) is 13.0. The number of hydrogen-bond donors (Lipinski definition) is 2. The number of aromatic nitrogens is 2. The molecule has 2 aromatic heterocycles. The van der Waals surface area contributed by atoms with Crippen LogP contribution in [0.5, 0.6) is 0 Å². The molecule has 3 rings (SSSR count). The number of ether oxygens (including phenoxy) is 2. The molecule has 9 nitrogen and oxygen atoms in total. The summed E-state index contributed by atoms with van der Waals surface area (Å²) in [6, 6.07) is 11.5. The number of allylic oxidation sites excluding steroid dienone is 2. The van der Waals surface area contributed by atoms with Crippen LogP contribution in [0.15, 0.2) is 96.4 Å². The van der Waals surface area contributed by atoms with Crippen LogP contribution in [0.4, 0.5) is 0 Å². The van der Waals surface area contributed by atoms with Gasteiger partial charge in [-0.15, -0.1) is 6.58 Å². The first-order valence-electron chi connectivity index (χ1n) is 21.8. The molecule has 0 saturated heterocycles. The van der Waals surface area contributed by atoms with E-state index >= 15 is 0 Å². The van der Waals surface area contributed by atoms with E-state index < -0.39 is 23.8 Å². The number of hydrogen-bond acceptors (Lipinski definition) is 6. The van der Waals surface area contributed by atoms with Gasteiger partial charge in [0.05, 0.1) is 35.8 Å². The SMILES string of the molecule is C=CCNC(=O)C1C(C(=O)OCCCCCCCCCCCC)=C(C[n+]2ccccc2)NC(C[n+]2ccccc2)=C1C(=O)OCCCCCCCCCCCC. The summed E-state index contributed by atoms with van der Waals surface area (Å²) in [5.41, 5.74) is 1.27. The van der Waals surface area contributed by atoms with E-state index in [1.807, 2.05) is 70.3 Å². The zero-order valence-electron chi connectivity index (χ0n) is 34.7. The molecule has 2 N–H and O–H groups in total. The average molecular weight is 773 g/mol. The van der Waals surface area contributed by atoms with Gasteiger partial charge >= 0.3 is 11.9 Å². The number of pyridine rings is 2. The lowest BCUT2D eigenvalue weighted by Gasteiger charge is -2.30. The minimum Gasteiger partial charge on any atom is -0.462 e. The van der Waals surface area contributed by atoms with Gasteiger partial charge in [-0.25, -0.2) is 9.59 Å². The van der Waals surface area contributed by atoms with Crippen LogP contribution in [0.25, 0.3) is 0 Å². The second kappa shape index (κ2) is 29.0. The molecular formula is C47H72N4O5+2. The number of rotatable bonds is 31. The van der Waals surface area contributed by atoms with Gasteiger partial charge in [-0.05, 0) is 12.8 Å². The van der Waals surface area contributed by atoms with Gasteiger partial charge in [0.25, 0.3) is 0 Å². The lowest BCUT2D eigenvalue weighted by Crippen LogP contribution is -2.49. The molecule has 2 aromatic rings. The van der Waals surface area contributed by atoms with Crippen LogP contribution in [-0.2, 0) is 36.9 Å². The molecule has 308 valence electrons. The predicted octanol–water partition coefficient (Wildman–Crippen LogP) is 8.92. The maximum atomic E-state index is 14.2. The molecule has 56 heavy (non-hydrogen) atoms. The van der Waals surface area contributed by atoms with Crippen molar-refractivity contribution in [1.82, 2.24) is 10.6 Å². The number of nitrogens with one attached hydrogen (secondary N) is 2. The van der Waals surface area contributed by atoms with Crippen molar-refractivity contribution < 1.29 is 33.0 Å². The van der Waals surface area contributed by atoms with Gasteiger partial charge in [-0.1, -0.05) is 148 Å². The van der Waals surface area contributed by atoms with E-state index in [9.17, 15) is 14.4 Å². The van der Waals surface area contributed by atoms with Crippen molar-refractivity contribution >= 4 is 17.8 Å². The molecule has 0 saturated carbocycles. The molecule has 3 heterocycles. The van der Waals surface area contributed by atoms with Crippen LogP contribution in [0.1, 0.15) is 142 Å². The van der Waals surface area contributed by atoms with Crippen molar-refractivity contribution in [2.45, 2.75) is 155 Å². The van der Waals surface area contributed by atoms with E-state index in [2.05, 4.69) is 31.1 Å². The monoisotopic (exact) mass is 773 g/mol. The smallest absolute Gasteiger partial charge is 0.337 e. The van der Waals surface area contributed by atoms with Gasteiger partial charge in [0.15, 0.2) is 37.9 Å². The number of unbranched alkanes of at least 4 members (excludes halogenated alkanes) is 18. The average Bonchev–Trinajstić information content (AvgIpc) is 3.21. The number of esters is 2. The van der Waals surface area contributed by atoms with Gasteiger partial charge < -0.3 is 20.1 Å². The number of carbonyl (C=O) groups excluding carboxylic acids is 3. The summed E-state index contributed by atoms with van der Waals surface area (Å²) in [6.45, 7) is 9.42. The third-order valence-electron chi connectivity index (χ3n) is 10.4. The first kappa shape index (κ1) is 46.1. The van der Waals surface area contributed by atoms with Gasteiger partial charge in [0.1, 0.15) is 5.92 Å². The van der Waals surface area contributed by atoms with Crippen molar-refractivity contribution in [3.05, 3.63) is 96.4 Å². The molecular weight excluding hydrogens is 701 g/mol. The summed E-state index contributed by atoms with van der Waals surface area (Å²) in [5.74, 6) is -2.93. The number of carbonyl (C=O) groups is 3. The van der Waals surface area contributed by atoms with Gasteiger partial charge in [0, 0.05) is 30.8 Å². The van der Waals surface area contributed by atoms with E-state index in [1.165, 1.54) is 89.9 Å². The highest BCUT2D eigenvalue weighted by Gasteiger charge is 2.44. The molecule has 1 aliphatic heterocycles. The van der Waals surface area contributed by atoms with Crippen molar-refractivity contribution in [1.29, 1.82) is 0 Å². The summed E-state index contributed by atoms with van der Waals surface area (Å²) >= 11 is 0. The van der Waals surface area contributed by atoms with Crippen molar-refractivity contribution in [2.75, 3.05) is 19.8 Å². The zero-order valence-corrected chi connectivity index (χ0v) is 34.7. The van der Waals surface area contributed by atoms with Gasteiger partial charge in [-0.3, -0.25) is 4.79 Å². The molecule has 0 atom stereocenters. The first-order valence-corrected chi connectivity index (χ1v) is 21.8. The summed E-state index contributed by atoms with van der Waals surface area (Å²) < 4.78 is 15.7. The van der Waals surface area contributed by atoms with Crippen LogP contribution < -0.4 is 19.8 Å². The third kappa shape index (κ3) is 17.7. The Morgan fingerprint density at radius 3 is 1.30 bits per heavy atom. The molecule has 0 aromatic carbocycles. The number of dihydropyridines is 1. The number of nitrogens with zero attached hydrogens (tertiary/aromatic N) is 2. The molecule has 0 unspecified atom stereocenters. The Bertz CT molecular complexity index is 1390. The summed E-state index contributed by atoms with van der Waals surface area (Å²) in [6.07, 6.45) is 32.5. The standard InChI is InChI=1S/C47H70N4O5/c1-4-7-9-11-13-15-17-19-21-29-36-55-46(53)42-40(38-50-32-25-23-26-33-50)49-41(39-51-34-27-24-28-35-51)43(44(42)45(52)48-31-6-3)47(54)56-37-30-22-20-18-16-14-12-10-8-5-2/h6,23-28,32-35,44H,3-5,7-22,29-31,36-39H2,1-2H3/p+2. The van der Waals surface area contributed by atoms with Gasteiger partial charge in [0.2, 0.25) is 5.91 Å². The van der Waals surface area contributed by atoms with E-state index in [0.717, 1.165) is 38.5 Å². The summed E-state index contributed by atoms with van der Waals surface area (Å²) in [7, 11) is 0. The molecule has 1 aliphatic rings. The molecule has 0 aliphatic carbocycles. The molecule has 0 bridgehead atoms. The fraction of sp³-hybridized carbons (Fsp3) is 0.596. The Hall–Kier alpha value is -4.27. The van der Waals surface area contributed by atoms with Crippen LogP contribution in [0, 0.1) is 5.92 Å². The summed E-state index contributed by atoms with van der Waals surface area (Å²) in [4.78, 5) is 42.7. The van der Waals surface area contributed by atoms with Gasteiger partial charge in [-0.2, -0.15) is 9.13 Å². The highest BCUT2D eigenvalue weighted by molar-refractivity contribution is 6.07. The second-order valence-electron chi connectivity index (χ2n) is 15.1. The lowest BCUT2D eigenvalue weighted by atomic mass is 9.83. The molecule has 0 fully saturated rings. The predicted molar refractivity (Wildman–Crippen MR) is 223 cm³/mol. The highest BCUT2D eigenvalue weighted by Crippen LogP contribution is 2.33. The minimum atomic E-state index is -1.24. The Balaban J connectivity index is 1.82. The van der Waals surface area contributed by atoms with Crippen molar-refractivity contribution in [3.8, 4) is 0 Å². The zero-order chi connectivity index (χ0) is 40.1. The van der Waals surface area contributed by atoms with Crippen molar-refractivity contribution in [3.63, 3.8) is 0 Å². The van der Waals surface area contributed by atoms with E-state index in [1.54, 1.807) is 6.08 Å². The van der Waals surface area contributed by atoms with Crippen LogP contribution in [0.3, 0.4) is 0 Å². The van der Waals surface area contributed by atoms with Crippen LogP contribution >= 0.6 is 0 Å². The molecule has 1 amide bonds. The highest BCUT2D eigenvalue weighted by atomic mass is 16.5. The Morgan fingerprint density at radius 2 is 0.946 bits per heavy atom. The Labute approximate surface area is 338 Å². The maximum absolute atomic E-state index is 14.2. The fourth-order valence-corrected chi connectivity index (χ4v) is 7.19. The topological polar surface area (TPSA) is 101 Å². The fourth-order valence-electron chi connectivity index (χ4n) is 7.19. The lowest BCUT2D eigenvalue weighted by molar-refractivity contribution is -0.692. The molecule has 0 radical (unpaired) electrons. The van der Waals surface area contributed by atoms with Crippen LogP contribution in [-0.4, -0.2) is 37.6 Å². The van der Waals surface area contributed by atoms with Crippen molar-refractivity contribution in [2.24, 2.45) is 5.92 Å². The third-order valence-corrected chi connectivity index (χ3v) is 10.4. The van der Waals surface area contributed by atoms with E-state index in [-0.39, 0.29) is 44.0 Å². The Morgan fingerprint density at radius 1 is 0.589 bits per heavy atom. The molecule has 0 spiro atoms. The van der Waals surface area contributed by atoms with Crippen LogP contribution in [0.2, 0.25) is 0 Å². The largest absolute Gasteiger partial charge is 0.462 e. The van der Waals surface area contributed by atoms with E-state index in [4.69, 9.17) is 9.47 Å². The Kier molecular flexibility index (Phi) is 23.9. The molecule has 9 heteroatoms. The quantitative estimate of drug-likeness (QED) is 0.0344. The first-order chi connectivity index (χ1) is 27.5. The van der Waals surface area contributed by atoms with E-state index in [0.29, 0.717) is 11.4 Å². The minimum absolute atomic E-state index is 0.127. The summed E-state index contributed by atoms with van der Waals surface area (Å²) in [5, 5.41) is 6.34.